The molecule has 1 fully saturated rings. The Labute approximate surface area is 106 Å². The number of hydrogen-bond acceptors (Lipinski definition) is 2. The highest BCUT2D eigenvalue weighted by Crippen LogP contribution is 2.33. The maximum absolute atomic E-state index is 12.0. The predicted molar refractivity (Wildman–Crippen MR) is 67.2 cm³/mol. The fourth-order valence-corrected chi connectivity index (χ4v) is 3.16. The molecular formula is C12H22F3NS. The highest BCUT2D eigenvalue weighted by Gasteiger charge is 2.28. The third-order valence-electron chi connectivity index (χ3n) is 3.36. The number of thioether (sulfide) groups is 1. The van der Waals surface area contributed by atoms with Gasteiger partial charge < -0.3 is 5.32 Å². The molecule has 1 atom stereocenters. The number of hydrogen-bond donors (Lipinski definition) is 1. The SMILES string of the molecule is CCNC(CCCSC(F)(F)F)C1CCCC1. The van der Waals surface area contributed by atoms with Crippen molar-refractivity contribution < 1.29 is 13.2 Å². The van der Waals surface area contributed by atoms with Crippen LogP contribution in [0.4, 0.5) is 13.2 Å². The highest BCUT2D eigenvalue weighted by molar-refractivity contribution is 8.00. The van der Waals surface area contributed by atoms with Gasteiger partial charge in [0.25, 0.3) is 0 Å². The summed E-state index contributed by atoms with van der Waals surface area (Å²) in [5, 5.41) is 3.43. The van der Waals surface area contributed by atoms with E-state index < -0.39 is 5.51 Å². The van der Waals surface area contributed by atoms with Gasteiger partial charge in [0.1, 0.15) is 0 Å². The molecule has 5 heteroatoms. The fraction of sp³-hybridized carbons (Fsp3) is 1.00. The van der Waals surface area contributed by atoms with Gasteiger partial charge >= 0.3 is 5.51 Å². The zero-order chi connectivity index (χ0) is 12.7. The highest BCUT2D eigenvalue weighted by atomic mass is 32.2. The summed E-state index contributed by atoms with van der Waals surface area (Å²) in [6.07, 6.45) is 6.57. The quantitative estimate of drug-likeness (QED) is 0.696. The van der Waals surface area contributed by atoms with E-state index in [1.54, 1.807) is 0 Å². The Bertz CT molecular complexity index is 202. The molecule has 0 saturated heterocycles. The first-order chi connectivity index (χ1) is 8.03. The summed E-state index contributed by atoms with van der Waals surface area (Å²) < 4.78 is 35.9. The first-order valence-electron chi connectivity index (χ1n) is 6.47. The molecule has 102 valence electrons. The fourth-order valence-electron chi connectivity index (χ4n) is 2.62. The molecule has 0 amide bonds. The van der Waals surface area contributed by atoms with Crippen LogP contribution in [0, 0.1) is 5.92 Å². The van der Waals surface area contributed by atoms with Crippen molar-refractivity contribution in [2.45, 2.75) is 57.0 Å². The van der Waals surface area contributed by atoms with Crippen LogP contribution in [0.5, 0.6) is 0 Å². The van der Waals surface area contributed by atoms with E-state index in [4.69, 9.17) is 0 Å². The van der Waals surface area contributed by atoms with E-state index in [9.17, 15) is 13.2 Å². The zero-order valence-electron chi connectivity index (χ0n) is 10.4. The molecule has 0 aliphatic heterocycles. The largest absolute Gasteiger partial charge is 0.441 e. The van der Waals surface area contributed by atoms with Crippen LogP contribution in [0.15, 0.2) is 0 Å². The summed E-state index contributed by atoms with van der Waals surface area (Å²) in [6, 6.07) is 0.427. The van der Waals surface area contributed by atoms with E-state index in [-0.39, 0.29) is 17.5 Å². The van der Waals surface area contributed by atoms with Crippen molar-refractivity contribution in [1.29, 1.82) is 0 Å². The van der Waals surface area contributed by atoms with Gasteiger partial charge in [0, 0.05) is 11.8 Å². The minimum atomic E-state index is -4.07. The van der Waals surface area contributed by atoms with Crippen LogP contribution >= 0.6 is 11.8 Å². The minimum absolute atomic E-state index is 0.108. The van der Waals surface area contributed by atoms with E-state index in [2.05, 4.69) is 12.2 Å². The Kier molecular flexibility index (Phi) is 6.70. The van der Waals surface area contributed by atoms with Crippen LogP contribution in [-0.2, 0) is 0 Å². The number of nitrogens with one attached hydrogen (secondary N) is 1. The molecule has 0 radical (unpaired) electrons. The van der Waals surface area contributed by atoms with Gasteiger partial charge in [-0.15, -0.1) is 0 Å². The topological polar surface area (TPSA) is 12.0 Å². The van der Waals surface area contributed by atoms with Gasteiger partial charge in [-0.2, -0.15) is 13.2 Å². The smallest absolute Gasteiger partial charge is 0.314 e. The van der Waals surface area contributed by atoms with Gasteiger partial charge in [-0.1, -0.05) is 31.5 Å². The van der Waals surface area contributed by atoms with Crippen LogP contribution in [-0.4, -0.2) is 23.8 Å². The molecule has 1 saturated carbocycles. The predicted octanol–water partition coefficient (Wildman–Crippen LogP) is 4.19. The third kappa shape index (κ3) is 6.55. The van der Waals surface area contributed by atoms with Gasteiger partial charge in [-0.3, -0.25) is 0 Å². The van der Waals surface area contributed by atoms with Crippen molar-refractivity contribution in [2.24, 2.45) is 5.92 Å². The number of halogens is 3. The minimum Gasteiger partial charge on any atom is -0.314 e. The summed E-state index contributed by atoms with van der Waals surface area (Å²) >= 11 is 0.108. The van der Waals surface area contributed by atoms with Crippen molar-refractivity contribution in [3.63, 3.8) is 0 Å². The van der Waals surface area contributed by atoms with E-state index >= 15 is 0 Å². The lowest BCUT2D eigenvalue weighted by molar-refractivity contribution is -0.0328. The normalized spacial score (nSPS) is 19.8. The molecule has 1 unspecified atom stereocenters. The van der Waals surface area contributed by atoms with Crippen molar-refractivity contribution in [3.8, 4) is 0 Å². The van der Waals surface area contributed by atoms with Crippen molar-refractivity contribution in [1.82, 2.24) is 5.32 Å². The van der Waals surface area contributed by atoms with E-state index in [1.807, 2.05) is 0 Å². The monoisotopic (exact) mass is 269 g/mol. The lowest BCUT2D eigenvalue weighted by Gasteiger charge is -2.24. The third-order valence-corrected chi connectivity index (χ3v) is 4.18. The van der Waals surface area contributed by atoms with Gasteiger partial charge in [0.2, 0.25) is 0 Å². The van der Waals surface area contributed by atoms with Crippen molar-refractivity contribution in [3.05, 3.63) is 0 Å². The molecule has 0 heterocycles. The molecule has 0 aromatic heterocycles. The van der Waals surface area contributed by atoms with Gasteiger partial charge in [0.15, 0.2) is 0 Å². The van der Waals surface area contributed by atoms with Crippen LogP contribution < -0.4 is 5.32 Å². The second-order valence-electron chi connectivity index (χ2n) is 4.65. The molecule has 0 aromatic rings. The van der Waals surface area contributed by atoms with Crippen LogP contribution in [0.2, 0.25) is 0 Å². The van der Waals surface area contributed by atoms with Crippen LogP contribution in [0.1, 0.15) is 45.4 Å². The molecule has 1 aliphatic carbocycles. The molecule has 1 aliphatic rings. The molecule has 0 aromatic carbocycles. The number of rotatable bonds is 7. The second-order valence-corrected chi connectivity index (χ2v) is 5.80. The standard InChI is InChI=1S/C12H22F3NS/c1-2-16-11(10-6-3-4-7-10)8-5-9-17-12(13,14)15/h10-11,16H,2-9H2,1H3. The Hall–Kier alpha value is 0.100. The summed E-state index contributed by atoms with van der Waals surface area (Å²) in [7, 11) is 0. The van der Waals surface area contributed by atoms with E-state index in [0.29, 0.717) is 18.4 Å². The molecule has 17 heavy (non-hydrogen) atoms. The van der Waals surface area contributed by atoms with Gasteiger partial charge in [-0.25, -0.2) is 0 Å². The summed E-state index contributed by atoms with van der Waals surface area (Å²) in [4.78, 5) is 0. The average molecular weight is 269 g/mol. The summed E-state index contributed by atoms with van der Waals surface area (Å²) in [5.41, 5.74) is -4.07. The maximum Gasteiger partial charge on any atom is 0.441 e. The Morgan fingerprint density at radius 2 is 1.94 bits per heavy atom. The Balaban J connectivity index is 2.20. The van der Waals surface area contributed by atoms with Gasteiger partial charge in [0.05, 0.1) is 0 Å². The first-order valence-corrected chi connectivity index (χ1v) is 7.45. The van der Waals surface area contributed by atoms with E-state index in [0.717, 1.165) is 13.0 Å². The van der Waals surface area contributed by atoms with E-state index in [1.165, 1.54) is 25.7 Å². The van der Waals surface area contributed by atoms with Crippen LogP contribution in [0.25, 0.3) is 0 Å². The molecule has 1 nitrogen and oxygen atoms in total. The van der Waals surface area contributed by atoms with Gasteiger partial charge in [-0.05, 0) is 38.1 Å². The molecule has 0 spiro atoms. The first kappa shape index (κ1) is 15.2. The summed E-state index contributed by atoms with van der Waals surface area (Å²) in [5.74, 6) is 0.879. The lowest BCUT2D eigenvalue weighted by atomic mass is 9.94. The molecular weight excluding hydrogens is 247 g/mol. The molecule has 1 rings (SSSR count). The average Bonchev–Trinajstić information content (AvgIpc) is 2.74. The number of alkyl halides is 3. The van der Waals surface area contributed by atoms with Crippen LogP contribution in [0.3, 0.4) is 0 Å². The molecule has 0 bridgehead atoms. The Morgan fingerprint density at radius 1 is 1.29 bits per heavy atom. The Morgan fingerprint density at radius 3 is 2.47 bits per heavy atom. The summed E-state index contributed by atoms with van der Waals surface area (Å²) in [6.45, 7) is 2.97. The second kappa shape index (κ2) is 7.52. The lowest BCUT2D eigenvalue weighted by Crippen LogP contribution is -2.35. The van der Waals surface area contributed by atoms with Crippen molar-refractivity contribution in [2.75, 3.05) is 12.3 Å². The maximum atomic E-state index is 12.0. The molecule has 1 N–H and O–H groups in total. The van der Waals surface area contributed by atoms with Crippen molar-refractivity contribution >= 4 is 11.8 Å². The zero-order valence-corrected chi connectivity index (χ0v) is 11.2.